The Morgan fingerprint density at radius 2 is 1.64 bits per heavy atom. The third-order valence-electron chi connectivity index (χ3n) is 5.20. The van der Waals surface area contributed by atoms with Crippen molar-refractivity contribution in [2.75, 3.05) is 11.9 Å². The number of nitrogens with one attached hydrogen (secondary N) is 1. The Morgan fingerprint density at radius 3 is 2.31 bits per heavy atom. The number of para-hydroxylation sites is 1. The molecule has 0 aliphatic rings. The number of aromatic nitrogens is 1. The van der Waals surface area contributed by atoms with Gasteiger partial charge in [-0.3, -0.25) is 14.2 Å². The number of hydrogen-bond acceptors (Lipinski definition) is 6. The van der Waals surface area contributed by atoms with E-state index in [1.54, 1.807) is 47.0 Å². The van der Waals surface area contributed by atoms with Crippen LogP contribution >= 0.6 is 11.3 Å². The molecular formula is C26H20N2O7S. The fourth-order valence-electron chi connectivity index (χ4n) is 3.44. The van der Waals surface area contributed by atoms with Crippen molar-refractivity contribution in [1.82, 2.24) is 4.57 Å². The molecule has 9 nitrogen and oxygen atoms in total. The summed E-state index contributed by atoms with van der Waals surface area (Å²) >= 11 is 1.04. The van der Waals surface area contributed by atoms with E-state index in [9.17, 15) is 19.2 Å². The number of aliphatic carboxylic acids is 2. The van der Waals surface area contributed by atoms with E-state index < -0.39 is 17.5 Å². The third-order valence-corrected chi connectivity index (χ3v) is 6.14. The van der Waals surface area contributed by atoms with Crippen LogP contribution in [0.1, 0.15) is 15.9 Å². The first-order valence-corrected chi connectivity index (χ1v) is 11.5. The van der Waals surface area contributed by atoms with Crippen LogP contribution in [-0.4, -0.2) is 39.2 Å². The molecule has 0 spiro atoms. The van der Waals surface area contributed by atoms with E-state index >= 15 is 0 Å². The molecule has 0 radical (unpaired) electrons. The van der Waals surface area contributed by atoms with Crippen molar-refractivity contribution in [3.05, 3.63) is 99.2 Å². The van der Waals surface area contributed by atoms with Gasteiger partial charge in [0.05, 0.1) is 16.8 Å². The Kier molecular flexibility index (Phi) is 7.26. The molecule has 10 heteroatoms. The van der Waals surface area contributed by atoms with Gasteiger partial charge in [-0.05, 0) is 54.1 Å². The lowest BCUT2D eigenvalue weighted by molar-refractivity contribution is -0.140. The molecule has 0 aliphatic heterocycles. The molecule has 3 aromatic carbocycles. The van der Waals surface area contributed by atoms with Crippen LogP contribution in [0.25, 0.3) is 16.3 Å². The monoisotopic (exact) mass is 504 g/mol. The number of amides is 1. The summed E-state index contributed by atoms with van der Waals surface area (Å²) in [4.78, 5) is 46.9. The lowest BCUT2D eigenvalue weighted by atomic mass is 10.1. The molecule has 182 valence electrons. The van der Waals surface area contributed by atoms with Crippen molar-refractivity contribution in [3.63, 3.8) is 0 Å². The van der Waals surface area contributed by atoms with Crippen LogP contribution in [0, 0.1) is 0 Å². The van der Waals surface area contributed by atoms with Gasteiger partial charge < -0.3 is 20.3 Å². The molecule has 1 amide bonds. The lowest BCUT2D eigenvalue weighted by Gasteiger charge is -2.08. The number of nitrogens with zero attached hydrogens (tertiary/aromatic N) is 1. The summed E-state index contributed by atoms with van der Waals surface area (Å²) in [6.07, 6.45) is 1.06. The Hall–Kier alpha value is -4.70. The van der Waals surface area contributed by atoms with Crippen LogP contribution in [-0.2, 0) is 16.1 Å². The Labute approximate surface area is 208 Å². The maximum Gasteiger partial charge on any atom is 0.343 e. The highest BCUT2D eigenvalue weighted by Gasteiger charge is 2.16. The second-order valence-corrected chi connectivity index (χ2v) is 8.60. The van der Waals surface area contributed by atoms with Gasteiger partial charge >= 0.3 is 16.8 Å². The highest BCUT2D eigenvalue weighted by molar-refractivity contribution is 7.16. The van der Waals surface area contributed by atoms with E-state index in [2.05, 4.69) is 5.32 Å². The maximum absolute atomic E-state index is 12.6. The summed E-state index contributed by atoms with van der Waals surface area (Å²) < 4.78 is 7.95. The minimum atomic E-state index is -1.53. The summed E-state index contributed by atoms with van der Waals surface area (Å²) in [5, 5.41) is 20.7. The number of rotatable bonds is 9. The number of carboxylic acid groups (broad SMARTS) is 2. The maximum atomic E-state index is 12.6. The van der Waals surface area contributed by atoms with Gasteiger partial charge in [0.2, 0.25) is 0 Å². The van der Waals surface area contributed by atoms with Gasteiger partial charge in [-0.2, -0.15) is 0 Å². The number of ether oxygens (including phenoxy) is 1. The number of benzene rings is 3. The van der Waals surface area contributed by atoms with Gasteiger partial charge in [0, 0.05) is 11.3 Å². The largest absolute Gasteiger partial charge is 0.492 e. The van der Waals surface area contributed by atoms with E-state index in [1.807, 2.05) is 18.2 Å². The predicted molar refractivity (Wildman–Crippen MR) is 136 cm³/mol. The van der Waals surface area contributed by atoms with Crippen molar-refractivity contribution < 1.29 is 29.3 Å². The second kappa shape index (κ2) is 10.7. The zero-order valence-electron chi connectivity index (χ0n) is 18.7. The molecule has 0 aliphatic carbocycles. The van der Waals surface area contributed by atoms with Gasteiger partial charge in [0.1, 0.15) is 17.9 Å². The molecule has 4 rings (SSSR count). The molecule has 1 heterocycles. The van der Waals surface area contributed by atoms with Crippen molar-refractivity contribution in [2.45, 2.75) is 6.54 Å². The van der Waals surface area contributed by atoms with Crippen LogP contribution in [0.3, 0.4) is 0 Å². The van der Waals surface area contributed by atoms with E-state index in [0.29, 0.717) is 32.8 Å². The summed E-state index contributed by atoms with van der Waals surface area (Å²) in [5.74, 6) is -2.84. The van der Waals surface area contributed by atoms with Crippen LogP contribution in [0.15, 0.2) is 83.2 Å². The normalized spacial score (nSPS) is 10.6. The SMILES string of the molecule is O=C(O)C(=Cc1ccc(OCCn2c(=O)sc3cc(C(=O)Nc4ccccc4)ccc32)cc1)C(=O)O. The molecule has 0 fully saturated rings. The third kappa shape index (κ3) is 5.68. The number of thiazole rings is 1. The van der Waals surface area contributed by atoms with Crippen molar-refractivity contribution in [2.24, 2.45) is 0 Å². The minimum Gasteiger partial charge on any atom is -0.492 e. The standard InChI is InChI=1S/C26H20N2O7S/c29-23(27-18-4-2-1-3-5-18)17-8-11-21-22(15-17)36-26(34)28(21)12-13-35-19-9-6-16(7-10-19)14-20(24(30)31)25(32)33/h1-11,14-15H,12-13H2,(H,27,29)(H,30,31)(H,32,33). The fourth-order valence-corrected chi connectivity index (χ4v) is 4.40. The van der Waals surface area contributed by atoms with E-state index in [4.69, 9.17) is 14.9 Å². The first kappa shape index (κ1) is 24.4. The number of anilines is 1. The second-order valence-electron chi connectivity index (χ2n) is 7.61. The number of carbonyl (C=O) groups excluding carboxylic acids is 1. The zero-order valence-corrected chi connectivity index (χ0v) is 19.5. The molecular weight excluding hydrogens is 484 g/mol. The number of carboxylic acids is 2. The number of hydrogen-bond donors (Lipinski definition) is 3. The van der Waals surface area contributed by atoms with Crippen molar-refractivity contribution in [1.29, 1.82) is 0 Å². The number of carbonyl (C=O) groups is 3. The van der Waals surface area contributed by atoms with Gasteiger partial charge in [-0.25, -0.2) is 9.59 Å². The predicted octanol–water partition coefficient (Wildman–Crippen LogP) is 3.95. The molecule has 0 atom stereocenters. The van der Waals surface area contributed by atoms with Crippen LogP contribution in [0.5, 0.6) is 5.75 Å². The molecule has 3 N–H and O–H groups in total. The van der Waals surface area contributed by atoms with Gasteiger partial charge in [-0.15, -0.1) is 0 Å². The van der Waals surface area contributed by atoms with E-state index in [1.165, 1.54) is 12.1 Å². The summed E-state index contributed by atoms with van der Waals surface area (Å²) in [6, 6.07) is 20.4. The lowest BCUT2D eigenvalue weighted by Crippen LogP contribution is -2.17. The summed E-state index contributed by atoms with van der Waals surface area (Å²) in [6.45, 7) is 0.463. The Balaban J connectivity index is 1.41. The van der Waals surface area contributed by atoms with E-state index in [-0.39, 0.29) is 23.9 Å². The molecule has 0 unspecified atom stereocenters. The van der Waals surface area contributed by atoms with Crippen LogP contribution in [0.2, 0.25) is 0 Å². The van der Waals surface area contributed by atoms with Crippen LogP contribution in [0.4, 0.5) is 5.69 Å². The highest BCUT2D eigenvalue weighted by atomic mass is 32.1. The first-order chi connectivity index (χ1) is 17.3. The van der Waals surface area contributed by atoms with Crippen molar-refractivity contribution in [3.8, 4) is 5.75 Å². The Morgan fingerprint density at radius 1 is 0.944 bits per heavy atom. The van der Waals surface area contributed by atoms with Gasteiger partial charge in [0.15, 0.2) is 0 Å². The van der Waals surface area contributed by atoms with E-state index in [0.717, 1.165) is 17.4 Å². The molecule has 0 saturated heterocycles. The molecule has 1 aromatic heterocycles. The topological polar surface area (TPSA) is 135 Å². The molecule has 36 heavy (non-hydrogen) atoms. The Bertz CT molecular complexity index is 1500. The molecule has 4 aromatic rings. The fraction of sp³-hybridized carbons (Fsp3) is 0.0769. The summed E-state index contributed by atoms with van der Waals surface area (Å²) in [5.41, 5.74) is 1.47. The summed E-state index contributed by atoms with van der Waals surface area (Å²) in [7, 11) is 0. The number of fused-ring (bicyclic) bond motifs is 1. The smallest absolute Gasteiger partial charge is 0.343 e. The van der Waals surface area contributed by atoms with Crippen LogP contribution < -0.4 is 14.9 Å². The van der Waals surface area contributed by atoms with Crippen molar-refractivity contribution >= 4 is 51.2 Å². The molecule has 0 bridgehead atoms. The average Bonchev–Trinajstić information content (AvgIpc) is 3.17. The van der Waals surface area contributed by atoms with Gasteiger partial charge in [0.25, 0.3) is 5.91 Å². The minimum absolute atomic E-state index is 0.176. The first-order valence-electron chi connectivity index (χ1n) is 10.7. The van der Waals surface area contributed by atoms with Gasteiger partial charge in [-0.1, -0.05) is 41.7 Å². The quantitative estimate of drug-likeness (QED) is 0.178. The average molecular weight is 505 g/mol. The molecule has 0 saturated carbocycles. The highest BCUT2D eigenvalue weighted by Crippen LogP contribution is 2.21. The zero-order chi connectivity index (χ0) is 25.7.